The van der Waals surface area contributed by atoms with Gasteiger partial charge in [0.25, 0.3) is 0 Å². The summed E-state index contributed by atoms with van der Waals surface area (Å²) >= 11 is 0. The van der Waals surface area contributed by atoms with Crippen LogP contribution in [0, 0.1) is 0 Å². The highest BCUT2D eigenvalue weighted by atomic mass is 35.5. The van der Waals surface area contributed by atoms with Crippen LogP contribution in [0.3, 0.4) is 0 Å². The smallest absolute Gasteiger partial charge is 0.0160 e. The topological polar surface area (TPSA) is 3.24 Å². The zero-order valence-electron chi connectivity index (χ0n) is 5.68. The summed E-state index contributed by atoms with van der Waals surface area (Å²) in [6.07, 6.45) is 4.74. The number of nitrogens with zero attached hydrogens (tertiary/aromatic N) is 1. The van der Waals surface area contributed by atoms with E-state index in [4.69, 9.17) is 0 Å². The van der Waals surface area contributed by atoms with Crippen molar-refractivity contribution >= 4 is 12.4 Å². The maximum Gasteiger partial charge on any atom is 0.0160 e. The molecule has 1 saturated heterocycles. The highest BCUT2D eigenvalue weighted by Gasteiger charge is 2.07. The Hall–Kier alpha value is -0.0100. The van der Waals surface area contributed by atoms with E-state index in [1.54, 1.807) is 0 Å². The zero-order valence-corrected chi connectivity index (χ0v) is 6.49. The van der Waals surface area contributed by atoms with E-state index in [1.807, 2.05) is 6.08 Å². The van der Waals surface area contributed by atoms with E-state index in [9.17, 15) is 0 Å². The van der Waals surface area contributed by atoms with Crippen molar-refractivity contribution in [2.45, 2.75) is 12.8 Å². The van der Waals surface area contributed by atoms with Crippen LogP contribution in [0.1, 0.15) is 12.8 Å². The van der Waals surface area contributed by atoms with Crippen LogP contribution in [0.25, 0.3) is 0 Å². The van der Waals surface area contributed by atoms with Gasteiger partial charge in [0, 0.05) is 6.54 Å². The Balaban J connectivity index is 0.000000640. The lowest BCUT2D eigenvalue weighted by atomic mass is 10.4. The summed E-state index contributed by atoms with van der Waals surface area (Å²) in [4.78, 5) is 2.42. The van der Waals surface area contributed by atoms with Gasteiger partial charge < -0.3 is 0 Å². The molecule has 1 aliphatic heterocycles. The minimum absolute atomic E-state index is 0. The van der Waals surface area contributed by atoms with E-state index in [1.165, 1.54) is 25.9 Å². The first-order valence-electron chi connectivity index (χ1n) is 3.27. The molecule has 0 N–H and O–H groups in total. The van der Waals surface area contributed by atoms with Gasteiger partial charge in [-0.2, -0.15) is 0 Å². The van der Waals surface area contributed by atoms with Crippen LogP contribution in [-0.4, -0.2) is 24.5 Å². The molecule has 0 aliphatic carbocycles. The fourth-order valence-electron chi connectivity index (χ4n) is 1.15. The minimum atomic E-state index is 0. The zero-order chi connectivity index (χ0) is 5.82. The second-order valence-electron chi connectivity index (χ2n) is 2.30. The Morgan fingerprint density at radius 1 is 1.33 bits per heavy atom. The molecule has 1 rings (SSSR count). The molecule has 0 aromatic heterocycles. The first kappa shape index (κ1) is 8.99. The summed E-state index contributed by atoms with van der Waals surface area (Å²) in [5, 5.41) is 0. The molecular weight excluding hydrogens is 134 g/mol. The molecular formula is C7H14ClN. The molecule has 0 aromatic carbocycles. The molecule has 9 heavy (non-hydrogen) atoms. The number of likely N-dealkylation sites (tertiary alicyclic amines) is 1. The first-order valence-corrected chi connectivity index (χ1v) is 3.27. The monoisotopic (exact) mass is 147 g/mol. The normalized spacial score (nSPS) is 19.1. The Morgan fingerprint density at radius 3 is 2.33 bits per heavy atom. The van der Waals surface area contributed by atoms with E-state index in [2.05, 4.69) is 11.5 Å². The Bertz CT molecular complexity index is 77.0. The molecule has 1 heterocycles. The van der Waals surface area contributed by atoms with Gasteiger partial charge in [0.1, 0.15) is 0 Å². The summed E-state index contributed by atoms with van der Waals surface area (Å²) in [5.41, 5.74) is 0. The maximum atomic E-state index is 3.68. The number of hydrogen-bond donors (Lipinski definition) is 0. The molecule has 0 amide bonds. The third kappa shape index (κ3) is 2.87. The van der Waals surface area contributed by atoms with Crippen molar-refractivity contribution in [3.8, 4) is 0 Å². The fraction of sp³-hybridized carbons (Fsp3) is 0.714. The van der Waals surface area contributed by atoms with Gasteiger partial charge in [-0.05, 0) is 25.9 Å². The van der Waals surface area contributed by atoms with Crippen LogP contribution >= 0.6 is 12.4 Å². The Kier molecular flexibility index (Phi) is 4.83. The quantitative estimate of drug-likeness (QED) is 0.538. The van der Waals surface area contributed by atoms with Crippen molar-refractivity contribution in [3.05, 3.63) is 12.7 Å². The van der Waals surface area contributed by atoms with Crippen molar-refractivity contribution in [3.63, 3.8) is 0 Å². The molecule has 0 saturated carbocycles. The molecule has 0 radical (unpaired) electrons. The van der Waals surface area contributed by atoms with Crippen molar-refractivity contribution in [1.29, 1.82) is 0 Å². The van der Waals surface area contributed by atoms with Gasteiger partial charge in [-0.15, -0.1) is 19.0 Å². The molecule has 1 fully saturated rings. The van der Waals surface area contributed by atoms with E-state index < -0.39 is 0 Å². The van der Waals surface area contributed by atoms with Crippen molar-refractivity contribution in [2.24, 2.45) is 0 Å². The fourth-order valence-corrected chi connectivity index (χ4v) is 1.15. The number of rotatable bonds is 2. The minimum Gasteiger partial charge on any atom is -0.300 e. The Labute approximate surface area is 63.1 Å². The second kappa shape index (κ2) is 4.83. The maximum absolute atomic E-state index is 3.68. The van der Waals surface area contributed by atoms with Crippen molar-refractivity contribution in [1.82, 2.24) is 4.90 Å². The first-order chi connectivity index (χ1) is 3.93. The van der Waals surface area contributed by atoms with Gasteiger partial charge in [0.2, 0.25) is 0 Å². The van der Waals surface area contributed by atoms with Gasteiger partial charge in [-0.1, -0.05) is 6.08 Å². The highest BCUT2D eigenvalue weighted by Crippen LogP contribution is 2.05. The van der Waals surface area contributed by atoms with Gasteiger partial charge in [-0.25, -0.2) is 0 Å². The average Bonchev–Trinajstić information content (AvgIpc) is 2.19. The molecule has 2 heteroatoms. The van der Waals surface area contributed by atoms with Crippen LogP contribution in [0.4, 0.5) is 0 Å². The summed E-state index contributed by atoms with van der Waals surface area (Å²) in [6, 6.07) is 0. The van der Waals surface area contributed by atoms with Crippen LogP contribution in [0.5, 0.6) is 0 Å². The van der Waals surface area contributed by atoms with Crippen LogP contribution in [0.15, 0.2) is 12.7 Å². The van der Waals surface area contributed by atoms with E-state index in [0.29, 0.717) is 0 Å². The molecule has 0 unspecified atom stereocenters. The second-order valence-corrected chi connectivity index (χ2v) is 2.30. The third-order valence-electron chi connectivity index (χ3n) is 1.59. The van der Waals surface area contributed by atoms with E-state index in [-0.39, 0.29) is 12.4 Å². The predicted octanol–water partition coefficient (Wildman–Crippen LogP) is 1.69. The molecule has 1 nitrogen and oxygen atoms in total. The summed E-state index contributed by atoms with van der Waals surface area (Å²) in [5.74, 6) is 0. The lowest BCUT2D eigenvalue weighted by molar-refractivity contribution is 0.377. The highest BCUT2D eigenvalue weighted by molar-refractivity contribution is 5.85. The van der Waals surface area contributed by atoms with Gasteiger partial charge in [0.05, 0.1) is 0 Å². The van der Waals surface area contributed by atoms with Gasteiger partial charge in [-0.3, -0.25) is 4.90 Å². The third-order valence-corrected chi connectivity index (χ3v) is 1.59. The standard InChI is InChI=1S/C7H13N.ClH/c1-2-5-8-6-3-4-7-8;/h2H,1,3-7H2;1H. The molecule has 0 bridgehead atoms. The van der Waals surface area contributed by atoms with Crippen molar-refractivity contribution in [2.75, 3.05) is 19.6 Å². The summed E-state index contributed by atoms with van der Waals surface area (Å²) in [7, 11) is 0. The number of halogens is 1. The van der Waals surface area contributed by atoms with E-state index in [0.717, 1.165) is 6.54 Å². The van der Waals surface area contributed by atoms with E-state index >= 15 is 0 Å². The summed E-state index contributed by atoms with van der Waals surface area (Å²) in [6.45, 7) is 7.33. The van der Waals surface area contributed by atoms with Crippen molar-refractivity contribution < 1.29 is 0 Å². The lowest BCUT2D eigenvalue weighted by Gasteiger charge is -2.09. The van der Waals surface area contributed by atoms with Crippen LogP contribution in [-0.2, 0) is 0 Å². The molecule has 54 valence electrons. The van der Waals surface area contributed by atoms with Gasteiger partial charge in [0.15, 0.2) is 0 Å². The molecule has 0 spiro atoms. The molecule has 0 aromatic rings. The predicted molar refractivity (Wildman–Crippen MR) is 43.1 cm³/mol. The van der Waals surface area contributed by atoms with Crippen LogP contribution < -0.4 is 0 Å². The average molecular weight is 148 g/mol. The SMILES string of the molecule is C=CCN1CCCC1.Cl. The number of hydrogen-bond acceptors (Lipinski definition) is 1. The lowest BCUT2D eigenvalue weighted by Crippen LogP contribution is -2.18. The van der Waals surface area contributed by atoms with Crippen LogP contribution in [0.2, 0.25) is 0 Å². The Morgan fingerprint density at radius 2 is 1.89 bits per heavy atom. The summed E-state index contributed by atoms with van der Waals surface area (Å²) < 4.78 is 0. The van der Waals surface area contributed by atoms with Gasteiger partial charge >= 0.3 is 0 Å². The molecule has 1 aliphatic rings. The largest absolute Gasteiger partial charge is 0.300 e. The molecule has 0 atom stereocenters.